The number of hydrogen-bond donors (Lipinski definition) is 3. The Morgan fingerprint density at radius 3 is 2.60 bits per heavy atom. The molecule has 12 heteroatoms. The molecule has 3 N–H and O–H groups in total. The number of carbonyl (C=O) groups is 3. The van der Waals surface area contributed by atoms with Crippen molar-refractivity contribution in [3.8, 4) is 0 Å². The van der Waals surface area contributed by atoms with Crippen LogP contribution in [0.1, 0.15) is 54.8 Å². The van der Waals surface area contributed by atoms with Gasteiger partial charge in [0.1, 0.15) is 5.69 Å². The zero-order valence-electron chi connectivity index (χ0n) is 21.1. The zero-order chi connectivity index (χ0) is 28.6. The van der Waals surface area contributed by atoms with E-state index < -0.39 is 35.5 Å². The number of rotatable bonds is 9. The standard InChI is InChI=1S/C28H23F2N5O5/c1-15-18-5-7-24(20(18)4-3-19(15)28(39)40)34(14-26(36)37)13-17-11-23(33-25-8-9-32-35(17)25)27(38)31-12-16-2-6-21(29)22(30)10-16/h2-11,24H,12-14H2,1H3,(H,31,38)(H,36,37)(H,39,40)/t24-/m0/s1. The summed E-state index contributed by atoms with van der Waals surface area (Å²) in [4.78, 5) is 42.4. The number of carbonyl (C=O) groups excluding carboxylic acids is 1. The molecular weight excluding hydrogens is 524 g/mol. The molecule has 0 saturated carbocycles. The van der Waals surface area contributed by atoms with Crippen molar-refractivity contribution in [2.45, 2.75) is 26.1 Å². The van der Waals surface area contributed by atoms with Gasteiger partial charge >= 0.3 is 11.9 Å². The van der Waals surface area contributed by atoms with E-state index in [4.69, 9.17) is 0 Å². The molecule has 5 rings (SSSR count). The van der Waals surface area contributed by atoms with Crippen LogP contribution in [0.15, 0.2) is 54.7 Å². The molecule has 2 aromatic heterocycles. The van der Waals surface area contributed by atoms with Crippen molar-refractivity contribution < 1.29 is 33.4 Å². The van der Waals surface area contributed by atoms with Crippen LogP contribution in [0.25, 0.3) is 11.7 Å². The van der Waals surface area contributed by atoms with E-state index in [1.807, 2.05) is 6.08 Å². The van der Waals surface area contributed by atoms with E-state index in [0.717, 1.165) is 23.3 Å². The highest BCUT2D eigenvalue weighted by Crippen LogP contribution is 2.36. The maximum Gasteiger partial charge on any atom is 0.335 e. The number of nitrogens with zero attached hydrogens (tertiary/aromatic N) is 4. The summed E-state index contributed by atoms with van der Waals surface area (Å²) in [6.45, 7) is 1.35. The third-order valence-electron chi connectivity index (χ3n) is 6.74. The molecule has 40 heavy (non-hydrogen) atoms. The molecule has 1 amide bonds. The Labute approximate surface area is 226 Å². The van der Waals surface area contributed by atoms with Crippen molar-refractivity contribution in [1.29, 1.82) is 0 Å². The monoisotopic (exact) mass is 547 g/mol. The number of fused-ring (bicyclic) bond motifs is 2. The van der Waals surface area contributed by atoms with Crippen LogP contribution in [0, 0.1) is 18.6 Å². The first-order valence-corrected chi connectivity index (χ1v) is 12.2. The third-order valence-corrected chi connectivity index (χ3v) is 6.74. The van der Waals surface area contributed by atoms with Gasteiger partial charge in [0.25, 0.3) is 5.91 Å². The van der Waals surface area contributed by atoms with Crippen LogP contribution >= 0.6 is 0 Å². The van der Waals surface area contributed by atoms with Crippen molar-refractivity contribution in [3.63, 3.8) is 0 Å². The molecule has 4 aromatic rings. The highest BCUT2D eigenvalue weighted by Gasteiger charge is 2.29. The van der Waals surface area contributed by atoms with Gasteiger partial charge in [-0.25, -0.2) is 23.1 Å². The third kappa shape index (κ3) is 5.16. The molecule has 0 spiro atoms. The van der Waals surface area contributed by atoms with Crippen LogP contribution < -0.4 is 5.32 Å². The summed E-state index contributed by atoms with van der Waals surface area (Å²) in [5.74, 6) is -4.70. The Hall–Kier alpha value is -4.97. The van der Waals surface area contributed by atoms with E-state index in [1.54, 1.807) is 30.0 Å². The van der Waals surface area contributed by atoms with Crippen molar-refractivity contribution in [2.24, 2.45) is 0 Å². The molecule has 1 aliphatic rings. The molecule has 1 aliphatic carbocycles. The van der Waals surface area contributed by atoms with Gasteiger partial charge in [0, 0.05) is 19.2 Å². The van der Waals surface area contributed by atoms with Gasteiger partial charge in [0.2, 0.25) is 0 Å². The van der Waals surface area contributed by atoms with Crippen LogP contribution in [0.3, 0.4) is 0 Å². The normalized spacial score (nSPS) is 14.1. The van der Waals surface area contributed by atoms with Gasteiger partial charge < -0.3 is 15.5 Å². The number of hydrogen-bond acceptors (Lipinski definition) is 6. The molecule has 2 aromatic carbocycles. The van der Waals surface area contributed by atoms with Gasteiger partial charge in [-0.15, -0.1) is 0 Å². The number of aliphatic carboxylic acids is 1. The predicted molar refractivity (Wildman–Crippen MR) is 138 cm³/mol. The number of amides is 1. The maximum atomic E-state index is 13.5. The van der Waals surface area contributed by atoms with Crippen molar-refractivity contribution >= 4 is 29.6 Å². The largest absolute Gasteiger partial charge is 0.480 e. The average Bonchev–Trinajstić information content (AvgIpc) is 3.56. The van der Waals surface area contributed by atoms with E-state index in [0.29, 0.717) is 22.5 Å². The van der Waals surface area contributed by atoms with Crippen LogP contribution in [-0.4, -0.2) is 54.1 Å². The first kappa shape index (κ1) is 26.6. The van der Waals surface area contributed by atoms with Gasteiger partial charge in [-0.2, -0.15) is 5.10 Å². The molecular formula is C28H23F2N5O5. The van der Waals surface area contributed by atoms with Gasteiger partial charge in [0.15, 0.2) is 17.3 Å². The zero-order valence-corrected chi connectivity index (χ0v) is 21.1. The SMILES string of the molecule is Cc1c(C(=O)O)ccc2c1C=C[C@@H]2N(CC(=O)O)Cc1cc(C(=O)NCc2ccc(F)c(F)c2)nc2ccnn12. The lowest BCUT2D eigenvalue weighted by Crippen LogP contribution is -2.33. The summed E-state index contributed by atoms with van der Waals surface area (Å²) in [5.41, 5.74) is 3.46. The molecule has 0 radical (unpaired) electrons. The van der Waals surface area contributed by atoms with E-state index in [-0.39, 0.29) is 30.9 Å². The Morgan fingerprint density at radius 2 is 1.88 bits per heavy atom. The Morgan fingerprint density at radius 1 is 1.07 bits per heavy atom. The number of benzene rings is 2. The van der Waals surface area contributed by atoms with Crippen LogP contribution in [-0.2, 0) is 17.9 Å². The molecule has 0 aliphatic heterocycles. The minimum absolute atomic E-state index is 0.0326. The highest BCUT2D eigenvalue weighted by atomic mass is 19.2. The summed E-state index contributed by atoms with van der Waals surface area (Å²) < 4.78 is 28.3. The van der Waals surface area contributed by atoms with Gasteiger partial charge in [-0.1, -0.05) is 24.3 Å². The fraction of sp³-hybridized carbons (Fsp3) is 0.179. The van der Waals surface area contributed by atoms with Gasteiger partial charge in [-0.3, -0.25) is 14.5 Å². The summed E-state index contributed by atoms with van der Waals surface area (Å²) >= 11 is 0. The van der Waals surface area contributed by atoms with Crippen LogP contribution in [0.5, 0.6) is 0 Å². The lowest BCUT2D eigenvalue weighted by atomic mass is 9.97. The molecule has 0 saturated heterocycles. The van der Waals surface area contributed by atoms with E-state index in [1.165, 1.54) is 28.9 Å². The lowest BCUT2D eigenvalue weighted by Gasteiger charge is -2.28. The summed E-state index contributed by atoms with van der Waals surface area (Å²) in [6.07, 6.45) is 5.09. The summed E-state index contributed by atoms with van der Waals surface area (Å²) in [6, 6.07) is 9.12. The topological polar surface area (TPSA) is 137 Å². The number of aromatic nitrogens is 3. The lowest BCUT2D eigenvalue weighted by molar-refractivity contribution is -0.138. The highest BCUT2D eigenvalue weighted by molar-refractivity contribution is 5.93. The van der Waals surface area contributed by atoms with Crippen LogP contribution in [0.2, 0.25) is 0 Å². The maximum absolute atomic E-state index is 13.5. The predicted octanol–water partition coefficient (Wildman–Crippen LogP) is 3.60. The smallest absolute Gasteiger partial charge is 0.335 e. The van der Waals surface area contributed by atoms with Crippen LogP contribution in [0.4, 0.5) is 8.78 Å². The molecule has 204 valence electrons. The first-order valence-electron chi connectivity index (χ1n) is 12.2. The molecule has 1 atom stereocenters. The van der Waals surface area contributed by atoms with Gasteiger partial charge in [-0.05, 0) is 53.4 Å². The van der Waals surface area contributed by atoms with E-state index in [9.17, 15) is 33.4 Å². The minimum Gasteiger partial charge on any atom is -0.480 e. The van der Waals surface area contributed by atoms with Crippen molar-refractivity contribution in [2.75, 3.05) is 6.54 Å². The molecule has 0 fully saturated rings. The Kier molecular flexibility index (Phi) is 7.09. The van der Waals surface area contributed by atoms with Crippen molar-refractivity contribution in [3.05, 3.63) is 106 Å². The fourth-order valence-electron chi connectivity index (χ4n) is 4.83. The molecule has 0 unspecified atom stereocenters. The summed E-state index contributed by atoms with van der Waals surface area (Å²) in [5, 5.41) is 26.1. The second kappa shape index (κ2) is 10.7. The molecule has 0 bridgehead atoms. The quantitative estimate of drug-likeness (QED) is 0.289. The average molecular weight is 548 g/mol. The number of aromatic carboxylic acids is 1. The number of halogens is 2. The minimum atomic E-state index is -1.07. The number of nitrogens with one attached hydrogen (secondary N) is 1. The molecule has 10 nitrogen and oxygen atoms in total. The Bertz CT molecular complexity index is 1700. The van der Waals surface area contributed by atoms with E-state index >= 15 is 0 Å². The number of carboxylic acid groups (broad SMARTS) is 2. The first-order chi connectivity index (χ1) is 19.1. The number of carboxylic acids is 2. The molecule has 2 heterocycles. The van der Waals surface area contributed by atoms with Gasteiger partial charge in [0.05, 0.1) is 30.0 Å². The second-order valence-electron chi connectivity index (χ2n) is 9.31. The van der Waals surface area contributed by atoms with Crippen molar-refractivity contribution in [1.82, 2.24) is 24.8 Å². The fourth-order valence-corrected chi connectivity index (χ4v) is 4.83. The summed E-state index contributed by atoms with van der Waals surface area (Å²) in [7, 11) is 0. The second-order valence-corrected chi connectivity index (χ2v) is 9.31. The van der Waals surface area contributed by atoms with E-state index in [2.05, 4.69) is 15.4 Å². The Balaban J connectivity index is 1.44.